The SMILES string of the molecule is CC[C@H](C(=O)NCC(C)C)N(Cc1ccc(OC)cc1)C(=O)CN(c1ccc(Cl)cc1C)S(=O)(=O)c1ccccc1. The number of hydrogen-bond acceptors (Lipinski definition) is 5. The number of aryl methyl sites for hydroxylation is 1. The second-order valence-corrected chi connectivity index (χ2v) is 12.5. The van der Waals surface area contributed by atoms with E-state index in [1.807, 2.05) is 32.9 Å². The monoisotopic (exact) mass is 599 g/mol. The predicted octanol–water partition coefficient (Wildman–Crippen LogP) is 5.43. The van der Waals surface area contributed by atoms with Crippen LogP contribution in [0.3, 0.4) is 0 Å². The Morgan fingerprint density at radius 3 is 2.22 bits per heavy atom. The topological polar surface area (TPSA) is 96.0 Å². The lowest BCUT2D eigenvalue weighted by atomic mass is 10.1. The van der Waals surface area contributed by atoms with E-state index < -0.39 is 28.5 Å². The minimum atomic E-state index is -4.15. The fourth-order valence-electron chi connectivity index (χ4n) is 4.40. The second-order valence-electron chi connectivity index (χ2n) is 10.2. The van der Waals surface area contributed by atoms with Crippen LogP contribution in [0.1, 0.15) is 38.3 Å². The number of carbonyl (C=O) groups is 2. The molecule has 3 rings (SSSR count). The first-order chi connectivity index (χ1) is 19.5. The van der Waals surface area contributed by atoms with Gasteiger partial charge in [0.25, 0.3) is 10.0 Å². The molecular weight excluding hydrogens is 562 g/mol. The molecule has 10 heteroatoms. The molecule has 0 spiro atoms. The van der Waals surface area contributed by atoms with Gasteiger partial charge in [-0.15, -0.1) is 0 Å². The molecule has 0 aliphatic heterocycles. The van der Waals surface area contributed by atoms with E-state index in [4.69, 9.17) is 16.3 Å². The third kappa shape index (κ3) is 8.24. The van der Waals surface area contributed by atoms with E-state index in [2.05, 4.69) is 5.32 Å². The fourth-order valence-corrected chi connectivity index (χ4v) is 6.13. The third-order valence-corrected chi connectivity index (χ3v) is 8.63. The predicted molar refractivity (Wildman–Crippen MR) is 163 cm³/mol. The lowest BCUT2D eigenvalue weighted by Crippen LogP contribution is -2.52. The molecule has 220 valence electrons. The van der Waals surface area contributed by atoms with Crippen molar-refractivity contribution >= 4 is 39.1 Å². The molecule has 3 aromatic rings. The average Bonchev–Trinajstić information content (AvgIpc) is 2.95. The average molecular weight is 600 g/mol. The summed E-state index contributed by atoms with van der Waals surface area (Å²) in [6.07, 6.45) is 0.344. The third-order valence-electron chi connectivity index (χ3n) is 6.62. The Morgan fingerprint density at radius 2 is 1.66 bits per heavy atom. The van der Waals surface area contributed by atoms with Crippen LogP contribution in [0.4, 0.5) is 5.69 Å². The van der Waals surface area contributed by atoms with E-state index in [1.54, 1.807) is 62.6 Å². The number of benzene rings is 3. The summed E-state index contributed by atoms with van der Waals surface area (Å²) in [6, 6.07) is 19.2. The zero-order chi connectivity index (χ0) is 30.2. The number of methoxy groups -OCH3 is 1. The van der Waals surface area contributed by atoms with E-state index in [9.17, 15) is 18.0 Å². The molecule has 0 aliphatic rings. The number of halogens is 1. The minimum Gasteiger partial charge on any atom is -0.497 e. The first-order valence-corrected chi connectivity index (χ1v) is 15.3. The number of carbonyl (C=O) groups excluding carboxylic acids is 2. The number of rotatable bonds is 13. The molecule has 0 heterocycles. The van der Waals surface area contributed by atoms with Crippen molar-refractivity contribution < 1.29 is 22.7 Å². The standard InChI is InChI=1S/C31H38ClN3O5S/c1-6-28(31(37)33-19-22(2)3)34(20-24-12-15-26(40-5)16-13-24)30(36)21-35(29-17-14-25(32)18-23(29)4)41(38,39)27-10-8-7-9-11-27/h7-18,22,28H,6,19-21H2,1-5H3,(H,33,37)/t28-/m1/s1. The zero-order valence-electron chi connectivity index (χ0n) is 24.1. The Labute approximate surface area is 248 Å². The summed E-state index contributed by atoms with van der Waals surface area (Å²) in [5.41, 5.74) is 1.69. The van der Waals surface area contributed by atoms with Crippen molar-refractivity contribution in [1.29, 1.82) is 0 Å². The summed E-state index contributed by atoms with van der Waals surface area (Å²) in [5, 5.41) is 3.38. The first kappa shape index (κ1) is 32.0. The number of ether oxygens (including phenoxy) is 1. The van der Waals surface area contributed by atoms with Crippen molar-refractivity contribution in [2.75, 3.05) is 24.5 Å². The Hall–Kier alpha value is -3.56. The number of hydrogen-bond donors (Lipinski definition) is 1. The van der Waals surface area contributed by atoms with Gasteiger partial charge in [-0.05, 0) is 72.9 Å². The molecule has 41 heavy (non-hydrogen) atoms. The van der Waals surface area contributed by atoms with Crippen LogP contribution in [-0.4, -0.2) is 51.4 Å². The number of nitrogens with zero attached hydrogens (tertiary/aromatic N) is 2. The van der Waals surface area contributed by atoms with Gasteiger partial charge >= 0.3 is 0 Å². The van der Waals surface area contributed by atoms with Gasteiger partial charge in [0.2, 0.25) is 11.8 Å². The highest BCUT2D eigenvalue weighted by atomic mass is 35.5. The van der Waals surface area contributed by atoms with Gasteiger partial charge in [0.15, 0.2) is 0 Å². The molecule has 8 nitrogen and oxygen atoms in total. The molecule has 0 saturated heterocycles. The summed E-state index contributed by atoms with van der Waals surface area (Å²) in [4.78, 5) is 29.0. The number of nitrogens with one attached hydrogen (secondary N) is 1. The lowest BCUT2D eigenvalue weighted by molar-refractivity contribution is -0.140. The molecule has 0 fully saturated rings. The molecule has 0 radical (unpaired) electrons. The highest BCUT2D eigenvalue weighted by Crippen LogP contribution is 2.29. The number of sulfonamides is 1. The molecule has 0 aromatic heterocycles. The van der Waals surface area contributed by atoms with E-state index in [0.29, 0.717) is 35.0 Å². The highest BCUT2D eigenvalue weighted by molar-refractivity contribution is 7.92. The van der Waals surface area contributed by atoms with Crippen molar-refractivity contribution in [2.45, 2.75) is 51.6 Å². The molecule has 3 aromatic carbocycles. The van der Waals surface area contributed by atoms with Crippen LogP contribution in [0.15, 0.2) is 77.7 Å². The number of amides is 2. The van der Waals surface area contributed by atoms with Crippen molar-refractivity contribution in [2.24, 2.45) is 5.92 Å². The van der Waals surface area contributed by atoms with Crippen LogP contribution >= 0.6 is 11.6 Å². The largest absolute Gasteiger partial charge is 0.497 e. The Morgan fingerprint density at radius 1 is 1.00 bits per heavy atom. The molecule has 0 bridgehead atoms. The van der Waals surface area contributed by atoms with Gasteiger partial charge in [-0.1, -0.05) is 62.7 Å². The summed E-state index contributed by atoms with van der Waals surface area (Å²) in [7, 11) is -2.58. The van der Waals surface area contributed by atoms with Crippen molar-refractivity contribution in [3.05, 3.63) is 88.9 Å². The summed E-state index contributed by atoms with van der Waals surface area (Å²) < 4.78 is 34.2. The maximum Gasteiger partial charge on any atom is 0.264 e. The molecular formula is C31H38ClN3O5S. The molecule has 1 N–H and O–H groups in total. The van der Waals surface area contributed by atoms with Crippen LogP contribution in [0.25, 0.3) is 0 Å². The molecule has 0 saturated carbocycles. The first-order valence-electron chi connectivity index (χ1n) is 13.5. The fraction of sp³-hybridized carbons (Fsp3) is 0.355. The van der Waals surface area contributed by atoms with E-state index in [-0.39, 0.29) is 23.3 Å². The Balaban J connectivity index is 2.06. The highest BCUT2D eigenvalue weighted by Gasteiger charge is 2.34. The normalized spacial score (nSPS) is 12.1. The maximum atomic E-state index is 14.1. The lowest BCUT2D eigenvalue weighted by Gasteiger charge is -2.33. The van der Waals surface area contributed by atoms with Crippen molar-refractivity contribution in [3.8, 4) is 5.75 Å². The van der Waals surface area contributed by atoms with Gasteiger partial charge in [-0.25, -0.2) is 8.42 Å². The van der Waals surface area contributed by atoms with Crippen molar-refractivity contribution in [3.63, 3.8) is 0 Å². The van der Waals surface area contributed by atoms with Crippen LogP contribution < -0.4 is 14.4 Å². The summed E-state index contributed by atoms with van der Waals surface area (Å²) in [6.45, 7) is 7.60. The van der Waals surface area contributed by atoms with Gasteiger partial charge in [0.1, 0.15) is 18.3 Å². The van der Waals surface area contributed by atoms with Gasteiger partial charge in [-0.3, -0.25) is 13.9 Å². The van der Waals surface area contributed by atoms with Gasteiger partial charge < -0.3 is 15.0 Å². The molecule has 1 atom stereocenters. The number of anilines is 1. The van der Waals surface area contributed by atoms with Crippen molar-refractivity contribution in [1.82, 2.24) is 10.2 Å². The summed E-state index contributed by atoms with van der Waals surface area (Å²) in [5.74, 6) is 0.0812. The Bertz CT molecular complexity index is 1430. The van der Waals surface area contributed by atoms with Crippen LogP contribution in [0, 0.1) is 12.8 Å². The Kier molecular flexibility index (Phi) is 11.2. The molecule has 0 aliphatic carbocycles. The van der Waals surface area contributed by atoms with Gasteiger partial charge in [-0.2, -0.15) is 0 Å². The second kappa shape index (κ2) is 14.4. The quantitative estimate of drug-likeness (QED) is 0.283. The van der Waals surface area contributed by atoms with Crippen LogP contribution in [0.5, 0.6) is 5.75 Å². The maximum absolute atomic E-state index is 14.1. The van der Waals surface area contributed by atoms with E-state index in [1.165, 1.54) is 17.0 Å². The molecule has 0 unspecified atom stereocenters. The molecule has 2 amide bonds. The smallest absolute Gasteiger partial charge is 0.264 e. The van der Waals surface area contributed by atoms with Crippen LogP contribution in [-0.2, 0) is 26.2 Å². The van der Waals surface area contributed by atoms with E-state index in [0.717, 1.165) is 9.87 Å². The van der Waals surface area contributed by atoms with Gasteiger partial charge in [0, 0.05) is 18.1 Å². The van der Waals surface area contributed by atoms with E-state index >= 15 is 0 Å². The minimum absolute atomic E-state index is 0.0468. The van der Waals surface area contributed by atoms with Gasteiger partial charge in [0.05, 0.1) is 17.7 Å². The zero-order valence-corrected chi connectivity index (χ0v) is 25.7. The van der Waals surface area contributed by atoms with Crippen LogP contribution in [0.2, 0.25) is 5.02 Å². The summed E-state index contributed by atoms with van der Waals surface area (Å²) >= 11 is 6.17.